The van der Waals surface area contributed by atoms with Crippen molar-refractivity contribution in [3.63, 3.8) is 0 Å². The summed E-state index contributed by atoms with van der Waals surface area (Å²) in [6.45, 7) is 10.1. The summed E-state index contributed by atoms with van der Waals surface area (Å²) in [6, 6.07) is 6.10. The summed E-state index contributed by atoms with van der Waals surface area (Å²) in [6.07, 6.45) is 0. The van der Waals surface area contributed by atoms with Crippen LogP contribution in [0, 0.1) is 6.92 Å². The van der Waals surface area contributed by atoms with Gasteiger partial charge in [0.05, 0.1) is 59.5 Å². The predicted octanol–water partition coefficient (Wildman–Crippen LogP) is 1.46. The molecular formula is C19H34N2O5. The molecule has 0 unspecified atom stereocenters. The first-order valence-corrected chi connectivity index (χ1v) is 9.22. The number of nitrogen functional groups attached to an aromatic ring is 1. The van der Waals surface area contributed by atoms with E-state index in [-0.39, 0.29) is 6.61 Å². The van der Waals surface area contributed by atoms with Crippen molar-refractivity contribution < 1.29 is 24.1 Å². The van der Waals surface area contributed by atoms with Gasteiger partial charge < -0.3 is 34.7 Å². The van der Waals surface area contributed by atoms with Crippen molar-refractivity contribution in [2.75, 3.05) is 83.2 Å². The van der Waals surface area contributed by atoms with Crippen molar-refractivity contribution in [1.29, 1.82) is 0 Å². The fraction of sp³-hybridized carbons (Fsp3) is 0.684. The van der Waals surface area contributed by atoms with E-state index in [0.29, 0.717) is 52.9 Å². The zero-order valence-electron chi connectivity index (χ0n) is 16.1. The molecule has 0 aliphatic heterocycles. The lowest BCUT2D eigenvalue weighted by Gasteiger charge is -2.23. The number of ether oxygens (including phenoxy) is 4. The first-order valence-electron chi connectivity index (χ1n) is 9.22. The first-order chi connectivity index (χ1) is 12.7. The quantitative estimate of drug-likeness (QED) is 0.336. The summed E-state index contributed by atoms with van der Waals surface area (Å²) in [7, 11) is 0. The van der Waals surface area contributed by atoms with Crippen LogP contribution in [0.5, 0.6) is 0 Å². The summed E-state index contributed by atoms with van der Waals surface area (Å²) in [4.78, 5) is 2.26. The van der Waals surface area contributed by atoms with Crippen LogP contribution in [0.1, 0.15) is 12.5 Å². The molecule has 0 bridgehead atoms. The molecule has 1 aromatic carbocycles. The summed E-state index contributed by atoms with van der Waals surface area (Å²) >= 11 is 0. The standard InChI is InChI=1S/C19H34N2O5/c1-3-21(18-4-5-19(20)17(2)16-18)6-8-23-10-12-25-14-15-26-13-11-24-9-7-22/h4-5,16,22H,3,6-15,20H2,1-2H3. The Kier molecular flexibility index (Phi) is 12.9. The number of aryl methyl sites for hydroxylation is 1. The zero-order chi connectivity index (χ0) is 19.0. The number of benzene rings is 1. The van der Waals surface area contributed by atoms with Gasteiger partial charge in [0, 0.05) is 24.5 Å². The highest BCUT2D eigenvalue weighted by Crippen LogP contribution is 2.20. The average Bonchev–Trinajstić information content (AvgIpc) is 2.64. The molecule has 0 heterocycles. The maximum Gasteiger partial charge on any atom is 0.0701 e. The van der Waals surface area contributed by atoms with E-state index in [2.05, 4.69) is 17.9 Å². The molecule has 0 amide bonds. The molecule has 26 heavy (non-hydrogen) atoms. The number of aliphatic hydroxyl groups excluding tert-OH is 1. The van der Waals surface area contributed by atoms with Crippen LogP contribution in [0.25, 0.3) is 0 Å². The third-order valence-electron chi connectivity index (χ3n) is 3.86. The third kappa shape index (κ3) is 9.94. The van der Waals surface area contributed by atoms with Crippen molar-refractivity contribution >= 4 is 11.4 Å². The second kappa shape index (κ2) is 14.8. The fourth-order valence-corrected chi connectivity index (χ4v) is 2.33. The fourth-order valence-electron chi connectivity index (χ4n) is 2.33. The molecule has 7 nitrogen and oxygen atoms in total. The Bertz CT molecular complexity index is 473. The van der Waals surface area contributed by atoms with Crippen molar-refractivity contribution in [2.24, 2.45) is 0 Å². The molecule has 0 spiro atoms. The van der Waals surface area contributed by atoms with Crippen LogP contribution in [0.2, 0.25) is 0 Å². The van der Waals surface area contributed by atoms with E-state index in [1.807, 2.05) is 19.1 Å². The van der Waals surface area contributed by atoms with Crippen LogP contribution in [-0.2, 0) is 18.9 Å². The Hall–Kier alpha value is -1.38. The number of rotatable bonds is 16. The third-order valence-corrected chi connectivity index (χ3v) is 3.86. The lowest BCUT2D eigenvalue weighted by molar-refractivity contribution is -0.00488. The lowest BCUT2D eigenvalue weighted by atomic mass is 10.1. The smallest absolute Gasteiger partial charge is 0.0701 e. The lowest BCUT2D eigenvalue weighted by Crippen LogP contribution is -2.27. The van der Waals surface area contributed by atoms with E-state index < -0.39 is 0 Å². The molecule has 0 aliphatic carbocycles. The highest BCUT2D eigenvalue weighted by molar-refractivity contribution is 5.57. The highest BCUT2D eigenvalue weighted by atomic mass is 16.6. The van der Waals surface area contributed by atoms with Gasteiger partial charge in [0.1, 0.15) is 0 Å². The summed E-state index contributed by atoms with van der Waals surface area (Å²) < 4.78 is 21.5. The molecule has 1 rings (SSSR count). The molecule has 150 valence electrons. The topological polar surface area (TPSA) is 86.4 Å². The Morgan fingerprint density at radius 2 is 1.42 bits per heavy atom. The van der Waals surface area contributed by atoms with Gasteiger partial charge in [-0.2, -0.15) is 0 Å². The van der Waals surface area contributed by atoms with Crippen LogP contribution >= 0.6 is 0 Å². The molecular weight excluding hydrogens is 336 g/mol. The van der Waals surface area contributed by atoms with Crippen molar-refractivity contribution in [2.45, 2.75) is 13.8 Å². The summed E-state index contributed by atoms with van der Waals surface area (Å²) in [5.74, 6) is 0. The molecule has 0 radical (unpaired) electrons. The Morgan fingerprint density at radius 1 is 0.885 bits per heavy atom. The maximum absolute atomic E-state index is 8.55. The van der Waals surface area contributed by atoms with E-state index in [4.69, 9.17) is 29.8 Å². The average molecular weight is 370 g/mol. The van der Waals surface area contributed by atoms with Crippen molar-refractivity contribution in [3.05, 3.63) is 23.8 Å². The van der Waals surface area contributed by atoms with Crippen LogP contribution in [0.3, 0.4) is 0 Å². The summed E-state index contributed by atoms with van der Waals surface area (Å²) in [5.41, 5.74) is 8.95. The van der Waals surface area contributed by atoms with Gasteiger partial charge in [0.15, 0.2) is 0 Å². The Morgan fingerprint density at radius 3 is 1.92 bits per heavy atom. The monoisotopic (exact) mass is 370 g/mol. The Labute approximate surface area is 157 Å². The normalized spacial score (nSPS) is 11.0. The van der Waals surface area contributed by atoms with Crippen LogP contribution in [0.4, 0.5) is 11.4 Å². The van der Waals surface area contributed by atoms with E-state index in [1.54, 1.807) is 0 Å². The number of nitrogens with two attached hydrogens (primary N) is 1. The van der Waals surface area contributed by atoms with Crippen LogP contribution in [0.15, 0.2) is 18.2 Å². The molecule has 0 fully saturated rings. The van der Waals surface area contributed by atoms with Gasteiger partial charge in [0.2, 0.25) is 0 Å². The van der Waals surface area contributed by atoms with Crippen LogP contribution < -0.4 is 10.6 Å². The Balaban J connectivity index is 1.99. The molecule has 0 atom stereocenters. The molecule has 0 saturated carbocycles. The largest absolute Gasteiger partial charge is 0.399 e. The predicted molar refractivity (Wildman–Crippen MR) is 104 cm³/mol. The minimum absolute atomic E-state index is 0.0404. The van der Waals surface area contributed by atoms with Gasteiger partial charge in [-0.1, -0.05) is 0 Å². The second-order valence-electron chi connectivity index (χ2n) is 5.79. The number of hydrogen-bond acceptors (Lipinski definition) is 7. The zero-order valence-corrected chi connectivity index (χ0v) is 16.1. The summed E-state index contributed by atoms with van der Waals surface area (Å²) in [5, 5.41) is 8.55. The van der Waals surface area contributed by atoms with Crippen LogP contribution in [-0.4, -0.2) is 77.7 Å². The van der Waals surface area contributed by atoms with E-state index in [9.17, 15) is 0 Å². The van der Waals surface area contributed by atoms with Gasteiger partial charge >= 0.3 is 0 Å². The van der Waals surface area contributed by atoms with E-state index >= 15 is 0 Å². The number of hydrogen-bond donors (Lipinski definition) is 2. The number of anilines is 2. The van der Waals surface area contributed by atoms with Crippen molar-refractivity contribution in [3.8, 4) is 0 Å². The maximum atomic E-state index is 8.55. The minimum atomic E-state index is 0.0404. The molecule has 3 N–H and O–H groups in total. The van der Waals surface area contributed by atoms with Gasteiger partial charge in [-0.3, -0.25) is 0 Å². The van der Waals surface area contributed by atoms with Gasteiger partial charge in [0.25, 0.3) is 0 Å². The van der Waals surface area contributed by atoms with E-state index in [0.717, 1.165) is 24.3 Å². The number of aliphatic hydroxyl groups is 1. The van der Waals surface area contributed by atoms with Gasteiger partial charge in [-0.15, -0.1) is 0 Å². The minimum Gasteiger partial charge on any atom is -0.399 e. The molecule has 1 aromatic rings. The first kappa shape index (κ1) is 22.7. The van der Waals surface area contributed by atoms with E-state index in [1.165, 1.54) is 5.69 Å². The number of likely N-dealkylation sites (N-methyl/N-ethyl adjacent to an activating group) is 1. The molecule has 0 aliphatic rings. The second-order valence-corrected chi connectivity index (χ2v) is 5.79. The van der Waals surface area contributed by atoms with Gasteiger partial charge in [-0.25, -0.2) is 0 Å². The number of nitrogens with zero attached hydrogens (tertiary/aromatic N) is 1. The molecule has 0 saturated heterocycles. The van der Waals surface area contributed by atoms with Crippen molar-refractivity contribution in [1.82, 2.24) is 0 Å². The van der Waals surface area contributed by atoms with Gasteiger partial charge in [-0.05, 0) is 37.6 Å². The highest BCUT2D eigenvalue weighted by Gasteiger charge is 2.05. The molecule has 0 aromatic heterocycles. The SMILES string of the molecule is CCN(CCOCCOCCOCCOCCO)c1ccc(N)c(C)c1. The molecule has 7 heteroatoms.